The molecular formula is C11H13N3O. The third kappa shape index (κ3) is 3.06. The number of nitrogens with one attached hydrogen (secondary N) is 1. The lowest BCUT2D eigenvalue weighted by atomic mass is 10.1. The van der Waals surface area contributed by atoms with Gasteiger partial charge in [0, 0.05) is 12.1 Å². The van der Waals surface area contributed by atoms with Gasteiger partial charge in [-0.25, -0.2) is 0 Å². The average molecular weight is 203 g/mol. The highest BCUT2D eigenvalue weighted by atomic mass is 16.1. The maximum absolute atomic E-state index is 11.4. The zero-order chi connectivity index (χ0) is 11.3. The molecule has 78 valence electrons. The maximum Gasteiger partial charge on any atom is 0.223 e. The maximum atomic E-state index is 11.4. The Labute approximate surface area is 88.9 Å². The number of carbonyl (C=O) groups excluding carboxylic acids is 1. The van der Waals surface area contributed by atoms with E-state index >= 15 is 0 Å². The predicted octanol–water partition coefficient (Wildman–Crippen LogP) is 1.42. The molecule has 4 nitrogen and oxygen atoms in total. The zero-order valence-corrected chi connectivity index (χ0v) is 8.77. The number of carbonyl (C=O) groups is 1. The van der Waals surface area contributed by atoms with E-state index in [0.29, 0.717) is 5.69 Å². The molecule has 0 aliphatic carbocycles. The predicted molar refractivity (Wildman–Crippen MR) is 55.6 cm³/mol. The number of hydrogen-bond acceptors (Lipinski definition) is 3. The van der Waals surface area contributed by atoms with Crippen molar-refractivity contribution in [3.8, 4) is 6.07 Å². The van der Waals surface area contributed by atoms with Crippen LogP contribution >= 0.6 is 0 Å². The summed E-state index contributed by atoms with van der Waals surface area (Å²) in [5.74, 6) is -0.281. The van der Waals surface area contributed by atoms with Gasteiger partial charge >= 0.3 is 0 Å². The van der Waals surface area contributed by atoms with E-state index in [-0.39, 0.29) is 11.8 Å². The van der Waals surface area contributed by atoms with Crippen molar-refractivity contribution in [1.82, 2.24) is 10.3 Å². The van der Waals surface area contributed by atoms with Crippen molar-refractivity contribution in [2.24, 2.45) is 5.92 Å². The average Bonchev–Trinajstić information content (AvgIpc) is 2.26. The van der Waals surface area contributed by atoms with Gasteiger partial charge in [0.05, 0.1) is 11.8 Å². The largest absolute Gasteiger partial charge is 0.335 e. The van der Waals surface area contributed by atoms with E-state index in [1.54, 1.807) is 38.2 Å². The molecule has 0 saturated heterocycles. The lowest BCUT2D eigenvalue weighted by Crippen LogP contribution is -2.31. The van der Waals surface area contributed by atoms with Gasteiger partial charge in [-0.05, 0) is 12.1 Å². The van der Waals surface area contributed by atoms with Crippen molar-refractivity contribution < 1.29 is 4.79 Å². The fourth-order valence-corrected chi connectivity index (χ4v) is 1.03. The molecular weight excluding hydrogens is 190 g/mol. The van der Waals surface area contributed by atoms with Crippen molar-refractivity contribution >= 4 is 5.91 Å². The molecule has 0 radical (unpaired) electrons. The fraction of sp³-hybridized carbons (Fsp3) is 0.364. The third-order valence-electron chi connectivity index (χ3n) is 1.92. The topological polar surface area (TPSA) is 65.8 Å². The van der Waals surface area contributed by atoms with Crippen LogP contribution in [0, 0.1) is 17.2 Å². The highest BCUT2D eigenvalue weighted by Crippen LogP contribution is 2.08. The number of hydrogen-bond donors (Lipinski definition) is 1. The van der Waals surface area contributed by atoms with Crippen LogP contribution in [-0.4, -0.2) is 10.9 Å². The molecule has 0 spiro atoms. The molecule has 1 unspecified atom stereocenters. The Bertz CT molecular complexity index is 367. The molecule has 0 aromatic carbocycles. The molecule has 4 heteroatoms. The second kappa shape index (κ2) is 5.11. The first-order valence-corrected chi connectivity index (χ1v) is 4.76. The summed E-state index contributed by atoms with van der Waals surface area (Å²) in [6.45, 7) is 3.56. The minimum Gasteiger partial charge on any atom is -0.335 e. The van der Waals surface area contributed by atoms with E-state index in [9.17, 15) is 4.79 Å². The Kier molecular flexibility index (Phi) is 3.81. The van der Waals surface area contributed by atoms with Gasteiger partial charge in [0.2, 0.25) is 5.91 Å². The molecule has 0 bridgehead atoms. The van der Waals surface area contributed by atoms with Gasteiger partial charge in [0.1, 0.15) is 0 Å². The molecule has 0 saturated carbocycles. The number of pyridine rings is 1. The van der Waals surface area contributed by atoms with Gasteiger partial charge in [-0.3, -0.25) is 9.78 Å². The first-order valence-electron chi connectivity index (χ1n) is 4.76. The third-order valence-corrected chi connectivity index (χ3v) is 1.92. The van der Waals surface area contributed by atoms with Gasteiger partial charge < -0.3 is 5.32 Å². The number of amides is 1. The van der Waals surface area contributed by atoms with Gasteiger partial charge in [0.25, 0.3) is 0 Å². The molecule has 1 atom stereocenters. The number of nitrogens with zero attached hydrogens (tertiary/aromatic N) is 2. The van der Waals surface area contributed by atoms with Crippen molar-refractivity contribution in [2.45, 2.75) is 19.9 Å². The molecule has 0 aliphatic heterocycles. The van der Waals surface area contributed by atoms with Crippen LogP contribution in [0.4, 0.5) is 0 Å². The Morgan fingerprint density at radius 1 is 1.53 bits per heavy atom. The summed E-state index contributed by atoms with van der Waals surface area (Å²) in [5.41, 5.74) is 0.564. The second-order valence-electron chi connectivity index (χ2n) is 3.48. The highest BCUT2D eigenvalue weighted by Gasteiger charge is 2.16. The molecule has 1 amide bonds. The second-order valence-corrected chi connectivity index (χ2v) is 3.48. The van der Waals surface area contributed by atoms with Gasteiger partial charge in [-0.1, -0.05) is 19.9 Å². The van der Waals surface area contributed by atoms with Crippen LogP contribution in [0.1, 0.15) is 25.6 Å². The Hall–Kier alpha value is -1.89. The van der Waals surface area contributed by atoms with Crippen LogP contribution in [0.25, 0.3) is 0 Å². The standard InChI is InChI=1S/C11H13N3O/c1-8(2)11(15)14-10(7-12)9-5-3-4-6-13-9/h3-6,8,10H,1-2H3,(H,14,15). The first-order chi connectivity index (χ1) is 7.15. The Balaban J connectivity index is 2.75. The van der Waals surface area contributed by atoms with Crippen LogP contribution in [0.15, 0.2) is 24.4 Å². The molecule has 1 aromatic rings. The summed E-state index contributed by atoms with van der Waals surface area (Å²) in [7, 11) is 0. The van der Waals surface area contributed by atoms with Crippen LogP contribution in [0.3, 0.4) is 0 Å². The quantitative estimate of drug-likeness (QED) is 0.807. The minimum atomic E-state index is -0.666. The van der Waals surface area contributed by atoms with Crippen LogP contribution in [-0.2, 0) is 4.79 Å². The van der Waals surface area contributed by atoms with Crippen LogP contribution < -0.4 is 5.32 Å². The van der Waals surface area contributed by atoms with E-state index in [4.69, 9.17) is 5.26 Å². The number of nitriles is 1. The summed E-state index contributed by atoms with van der Waals surface area (Å²) in [6, 6.07) is 6.61. The molecule has 0 aliphatic rings. The molecule has 1 N–H and O–H groups in total. The summed E-state index contributed by atoms with van der Waals surface area (Å²) < 4.78 is 0. The lowest BCUT2D eigenvalue weighted by molar-refractivity contribution is -0.124. The molecule has 0 fully saturated rings. The van der Waals surface area contributed by atoms with Gasteiger partial charge in [-0.15, -0.1) is 0 Å². The lowest BCUT2D eigenvalue weighted by Gasteiger charge is -2.12. The minimum absolute atomic E-state index is 0.135. The van der Waals surface area contributed by atoms with Crippen molar-refractivity contribution in [1.29, 1.82) is 5.26 Å². The normalized spacial score (nSPS) is 11.9. The van der Waals surface area contributed by atoms with E-state index in [0.717, 1.165) is 0 Å². The van der Waals surface area contributed by atoms with E-state index < -0.39 is 6.04 Å². The Morgan fingerprint density at radius 3 is 2.73 bits per heavy atom. The van der Waals surface area contributed by atoms with E-state index in [1.165, 1.54) is 0 Å². The molecule has 1 heterocycles. The zero-order valence-electron chi connectivity index (χ0n) is 8.77. The van der Waals surface area contributed by atoms with Crippen molar-refractivity contribution in [2.75, 3.05) is 0 Å². The van der Waals surface area contributed by atoms with Crippen molar-refractivity contribution in [3.05, 3.63) is 30.1 Å². The SMILES string of the molecule is CC(C)C(=O)NC(C#N)c1ccccn1. The van der Waals surface area contributed by atoms with E-state index in [1.807, 2.05) is 6.07 Å². The van der Waals surface area contributed by atoms with E-state index in [2.05, 4.69) is 10.3 Å². The fourth-order valence-electron chi connectivity index (χ4n) is 1.03. The highest BCUT2D eigenvalue weighted by molar-refractivity contribution is 5.78. The number of rotatable bonds is 3. The van der Waals surface area contributed by atoms with Crippen LogP contribution in [0.2, 0.25) is 0 Å². The van der Waals surface area contributed by atoms with Gasteiger partial charge in [0.15, 0.2) is 6.04 Å². The monoisotopic (exact) mass is 203 g/mol. The smallest absolute Gasteiger partial charge is 0.223 e. The Morgan fingerprint density at radius 2 is 2.27 bits per heavy atom. The summed E-state index contributed by atoms with van der Waals surface area (Å²) in [5, 5.41) is 11.5. The molecule has 1 rings (SSSR count). The summed E-state index contributed by atoms with van der Waals surface area (Å²) >= 11 is 0. The van der Waals surface area contributed by atoms with Gasteiger partial charge in [-0.2, -0.15) is 5.26 Å². The summed E-state index contributed by atoms with van der Waals surface area (Å²) in [6.07, 6.45) is 1.60. The molecule has 1 aromatic heterocycles. The first kappa shape index (κ1) is 11.2. The summed E-state index contributed by atoms with van der Waals surface area (Å²) in [4.78, 5) is 15.4. The molecule has 15 heavy (non-hydrogen) atoms. The van der Waals surface area contributed by atoms with Crippen LogP contribution in [0.5, 0.6) is 0 Å². The van der Waals surface area contributed by atoms with Crippen molar-refractivity contribution in [3.63, 3.8) is 0 Å². The number of aromatic nitrogens is 1.